The number of halogens is 1. The normalized spacial score (nSPS) is 10.3. The Morgan fingerprint density at radius 1 is 0.826 bits per heavy atom. The van der Waals surface area contributed by atoms with Crippen molar-refractivity contribution < 1.29 is 4.79 Å². The van der Waals surface area contributed by atoms with E-state index in [9.17, 15) is 4.79 Å². The minimum Gasteiger partial charge on any atom is -0.298 e. The zero-order valence-corrected chi connectivity index (χ0v) is 13.1. The molecule has 3 aromatic rings. The minimum absolute atomic E-state index is 0.247. The summed E-state index contributed by atoms with van der Waals surface area (Å²) in [4.78, 5) is 12.0. The van der Waals surface area contributed by atoms with Crippen molar-refractivity contribution in [2.45, 2.75) is 0 Å². The molecule has 0 aromatic heterocycles. The summed E-state index contributed by atoms with van der Waals surface area (Å²) in [5.74, 6) is -0.247. The van der Waals surface area contributed by atoms with E-state index in [0.29, 0.717) is 16.3 Å². The van der Waals surface area contributed by atoms with Crippen LogP contribution in [0.1, 0.15) is 15.9 Å². The first-order valence-electron chi connectivity index (χ1n) is 7.13. The number of fused-ring (bicyclic) bond motifs is 1. The lowest BCUT2D eigenvalue weighted by molar-refractivity contribution is 0.0942. The maximum absolute atomic E-state index is 12.0. The van der Waals surface area contributed by atoms with Crippen molar-refractivity contribution in [1.29, 1.82) is 0 Å². The summed E-state index contributed by atoms with van der Waals surface area (Å²) < 4.78 is 0. The van der Waals surface area contributed by atoms with Crippen molar-refractivity contribution in [2.24, 2.45) is 0 Å². The molecule has 114 valence electrons. The molecule has 0 atom stereocenters. The molecule has 4 heteroatoms. The van der Waals surface area contributed by atoms with E-state index in [0.717, 1.165) is 16.3 Å². The number of hydrazine groups is 1. The van der Waals surface area contributed by atoms with Gasteiger partial charge in [-0.05, 0) is 46.7 Å². The van der Waals surface area contributed by atoms with Gasteiger partial charge in [0.1, 0.15) is 0 Å². The van der Waals surface area contributed by atoms with Crippen LogP contribution in [0.2, 0.25) is 5.02 Å². The monoisotopic (exact) mass is 322 g/mol. The van der Waals surface area contributed by atoms with Crippen molar-refractivity contribution >= 4 is 34.0 Å². The third-order valence-corrected chi connectivity index (χ3v) is 3.78. The number of nitrogens with one attached hydrogen (secondary N) is 2. The molecule has 0 aliphatic heterocycles. The quantitative estimate of drug-likeness (QED) is 0.699. The number of hydrogen-bond donors (Lipinski definition) is 2. The molecular weight excluding hydrogens is 308 g/mol. The molecule has 23 heavy (non-hydrogen) atoms. The van der Waals surface area contributed by atoms with Crippen molar-refractivity contribution in [2.75, 3.05) is 0 Å². The zero-order valence-electron chi connectivity index (χ0n) is 12.3. The molecule has 3 rings (SSSR count). The lowest BCUT2D eigenvalue weighted by Gasteiger charge is -2.12. The van der Waals surface area contributed by atoms with Crippen LogP contribution in [0, 0.1) is 0 Å². The highest BCUT2D eigenvalue weighted by Gasteiger charge is 2.06. The van der Waals surface area contributed by atoms with E-state index in [2.05, 4.69) is 23.5 Å². The van der Waals surface area contributed by atoms with Gasteiger partial charge >= 0.3 is 0 Å². The molecule has 0 saturated heterocycles. The third kappa shape index (κ3) is 3.52. The van der Waals surface area contributed by atoms with Gasteiger partial charge in [0, 0.05) is 10.6 Å². The SMILES string of the molecule is C=C(NNC(=O)c1ccc(Cl)cc1)c1ccc2ccccc2c1. The van der Waals surface area contributed by atoms with Crippen molar-refractivity contribution in [3.8, 4) is 0 Å². The molecule has 0 saturated carbocycles. The van der Waals surface area contributed by atoms with Crippen LogP contribution in [0.3, 0.4) is 0 Å². The predicted molar refractivity (Wildman–Crippen MR) is 95.0 cm³/mol. The standard InChI is InChI=1S/C19H15ClN2O/c1-13(16-7-6-14-4-2-3-5-17(14)12-16)21-22-19(23)15-8-10-18(20)11-9-15/h2-12,21H,1H2,(H,22,23). The third-order valence-electron chi connectivity index (χ3n) is 3.53. The average molecular weight is 323 g/mol. The van der Waals surface area contributed by atoms with Gasteiger partial charge in [0.15, 0.2) is 0 Å². The highest BCUT2D eigenvalue weighted by Crippen LogP contribution is 2.18. The molecule has 0 heterocycles. The fraction of sp³-hybridized carbons (Fsp3) is 0. The van der Waals surface area contributed by atoms with Crippen LogP contribution < -0.4 is 10.9 Å². The molecule has 0 spiro atoms. The summed E-state index contributed by atoms with van der Waals surface area (Å²) in [7, 11) is 0. The number of hydrogen-bond acceptors (Lipinski definition) is 2. The second-order valence-electron chi connectivity index (χ2n) is 5.13. The van der Waals surface area contributed by atoms with E-state index in [1.807, 2.05) is 36.4 Å². The zero-order chi connectivity index (χ0) is 16.2. The summed E-state index contributed by atoms with van der Waals surface area (Å²) in [6.45, 7) is 3.96. The molecular formula is C19H15ClN2O. The molecule has 0 unspecified atom stereocenters. The highest BCUT2D eigenvalue weighted by atomic mass is 35.5. The first-order valence-corrected chi connectivity index (χ1v) is 7.51. The van der Waals surface area contributed by atoms with Gasteiger partial charge in [-0.3, -0.25) is 15.6 Å². The highest BCUT2D eigenvalue weighted by molar-refractivity contribution is 6.30. The van der Waals surface area contributed by atoms with Gasteiger partial charge < -0.3 is 0 Å². The van der Waals surface area contributed by atoms with Gasteiger partial charge in [-0.1, -0.05) is 54.6 Å². The van der Waals surface area contributed by atoms with Crippen LogP contribution >= 0.6 is 11.6 Å². The smallest absolute Gasteiger partial charge is 0.269 e. The van der Waals surface area contributed by atoms with Crippen molar-refractivity contribution in [1.82, 2.24) is 10.9 Å². The van der Waals surface area contributed by atoms with E-state index in [4.69, 9.17) is 11.6 Å². The van der Waals surface area contributed by atoms with Crippen LogP contribution in [-0.4, -0.2) is 5.91 Å². The Morgan fingerprint density at radius 2 is 1.48 bits per heavy atom. The molecule has 0 aliphatic carbocycles. The van der Waals surface area contributed by atoms with E-state index < -0.39 is 0 Å². The van der Waals surface area contributed by atoms with Crippen LogP contribution in [-0.2, 0) is 0 Å². The van der Waals surface area contributed by atoms with Crippen LogP contribution in [0.25, 0.3) is 16.5 Å². The van der Waals surface area contributed by atoms with Gasteiger partial charge in [0.2, 0.25) is 0 Å². The van der Waals surface area contributed by atoms with E-state index in [1.165, 1.54) is 0 Å². The molecule has 2 N–H and O–H groups in total. The Hall–Kier alpha value is -2.78. The largest absolute Gasteiger partial charge is 0.298 e. The molecule has 0 aliphatic rings. The first kappa shape index (κ1) is 15.1. The van der Waals surface area contributed by atoms with Crippen molar-refractivity contribution in [3.05, 3.63) is 89.5 Å². The summed E-state index contributed by atoms with van der Waals surface area (Å²) >= 11 is 5.81. The summed E-state index contributed by atoms with van der Waals surface area (Å²) in [5, 5.41) is 2.88. The molecule has 0 radical (unpaired) electrons. The molecule has 0 fully saturated rings. The lowest BCUT2D eigenvalue weighted by atomic mass is 10.1. The van der Waals surface area contributed by atoms with Gasteiger partial charge in [-0.2, -0.15) is 0 Å². The Balaban J connectivity index is 1.68. The summed E-state index contributed by atoms with van der Waals surface area (Å²) in [5.41, 5.74) is 7.54. The fourth-order valence-electron chi connectivity index (χ4n) is 2.25. The maximum Gasteiger partial charge on any atom is 0.269 e. The van der Waals surface area contributed by atoms with Crippen LogP contribution in [0.5, 0.6) is 0 Å². The van der Waals surface area contributed by atoms with Gasteiger partial charge in [0.05, 0.1) is 5.70 Å². The summed E-state index contributed by atoms with van der Waals surface area (Å²) in [6, 6.07) is 20.8. The van der Waals surface area contributed by atoms with Crippen molar-refractivity contribution in [3.63, 3.8) is 0 Å². The van der Waals surface area contributed by atoms with E-state index >= 15 is 0 Å². The molecule has 0 bridgehead atoms. The number of rotatable bonds is 4. The van der Waals surface area contributed by atoms with E-state index in [-0.39, 0.29) is 5.91 Å². The lowest BCUT2D eigenvalue weighted by Crippen LogP contribution is -2.35. The molecule has 1 amide bonds. The second-order valence-corrected chi connectivity index (χ2v) is 5.56. The number of benzene rings is 3. The van der Waals surface area contributed by atoms with Crippen LogP contribution in [0.15, 0.2) is 73.3 Å². The Kier molecular flexibility index (Phi) is 4.31. The minimum atomic E-state index is -0.247. The molecule has 3 aromatic carbocycles. The number of carbonyl (C=O) groups is 1. The van der Waals surface area contributed by atoms with Crippen LogP contribution in [0.4, 0.5) is 0 Å². The average Bonchev–Trinajstić information content (AvgIpc) is 2.59. The second kappa shape index (κ2) is 6.55. The molecule has 3 nitrogen and oxygen atoms in total. The van der Waals surface area contributed by atoms with Gasteiger partial charge in [-0.15, -0.1) is 0 Å². The van der Waals surface area contributed by atoms with Gasteiger partial charge in [-0.25, -0.2) is 0 Å². The maximum atomic E-state index is 12.0. The van der Waals surface area contributed by atoms with E-state index in [1.54, 1.807) is 24.3 Å². The predicted octanol–water partition coefficient (Wildman–Crippen LogP) is 4.40. The number of amides is 1. The summed E-state index contributed by atoms with van der Waals surface area (Å²) in [6.07, 6.45) is 0. The first-order chi connectivity index (χ1) is 11.1. The Morgan fingerprint density at radius 3 is 2.22 bits per heavy atom. The Bertz CT molecular complexity index is 872. The van der Waals surface area contributed by atoms with Gasteiger partial charge in [0.25, 0.3) is 5.91 Å². The number of carbonyl (C=O) groups excluding carboxylic acids is 1. The fourth-order valence-corrected chi connectivity index (χ4v) is 2.38. The Labute approximate surface area is 139 Å². The topological polar surface area (TPSA) is 41.1 Å².